The van der Waals surface area contributed by atoms with Crippen molar-refractivity contribution in [1.82, 2.24) is 0 Å². The topological polar surface area (TPSA) is 30.5 Å². The van der Waals surface area contributed by atoms with E-state index in [-0.39, 0.29) is 6.04 Å². The molecular weight excluding hydrogens is 238 g/mol. The van der Waals surface area contributed by atoms with E-state index in [0.717, 1.165) is 17.2 Å². The summed E-state index contributed by atoms with van der Waals surface area (Å²) in [4.78, 5) is 0. The Morgan fingerprint density at radius 2 is 1.74 bits per heavy atom. The van der Waals surface area contributed by atoms with Crippen LogP contribution in [0.25, 0.3) is 0 Å². The van der Waals surface area contributed by atoms with Crippen LogP contribution in [-0.4, -0.2) is 6.79 Å². The maximum Gasteiger partial charge on any atom is 0.231 e. The molecule has 1 N–H and O–H groups in total. The van der Waals surface area contributed by atoms with Crippen molar-refractivity contribution in [2.45, 2.75) is 19.9 Å². The minimum atomic E-state index is 0.251. The molecule has 2 aromatic carbocycles. The molecule has 0 aliphatic carbocycles. The predicted octanol–water partition coefficient (Wildman–Crippen LogP) is 3.90. The lowest BCUT2D eigenvalue weighted by Crippen LogP contribution is -2.06. The molecule has 1 unspecified atom stereocenters. The molecule has 3 nitrogen and oxygen atoms in total. The van der Waals surface area contributed by atoms with Crippen molar-refractivity contribution in [2.75, 3.05) is 12.1 Å². The van der Waals surface area contributed by atoms with Crippen LogP contribution in [0.3, 0.4) is 0 Å². The maximum atomic E-state index is 5.38. The number of fused-ring (bicyclic) bond motifs is 1. The van der Waals surface area contributed by atoms with Gasteiger partial charge in [0.15, 0.2) is 11.5 Å². The van der Waals surface area contributed by atoms with E-state index in [9.17, 15) is 0 Å². The Morgan fingerprint density at radius 1 is 1.00 bits per heavy atom. The monoisotopic (exact) mass is 255 g/mol. The van der Waals surface area contributed by atoms with Gasteiger partial charge in [-0.1, -0.05) is 29.8 Å². The molecule has 1 aliphatic rings. The molecule has 1 heterocycles. The third-order valence-electron chi connectivity index (χ3n) is 3.33. The van der Waals surface area contributed by atoms with Crippen LogP contribution in [0.1, 0.15) is 24.1 Å². The van der Waals surface area contributed by atoms with Gasteiger partial charge in [0.05, 0.1) is 0 Å². The average Bonchev–Trinajstić information content (AvgIpc) is 2.87. The number of nitrogens with one attached hydrogen (secondary N) is 1. The van der Waals surface area contributed by atoms with Crippen LogP contribution < -0.4 is 14.8 Å². The van der Waals surface area contributed by atoms with Gasteiger partial charge in [-0.05, 0) is 31.5 Å². The Balaban J connectivity index is 1.75. The first-order valence-corrected chi connectivity index (χ1v) is 6.45. The number of hydrogen-bond acceptors (Lipinski definition) is 3. The molecule has 0 fully saturated rings. The summed E-state index contributed by atoms with van der Waals surface area (Å²) in [5.41, 5.74) is 3.58. The van der Waals surface area contributed by atoms with Crippen molar-refractivity contribution in [3.05, 3.63) is 53.6 Å². The minimum Gasteiger partial charge on any atom is -0.454 e. The van der Waals surface area contributed by atoms with Gasteiger partial charge in [0.25, 0.3) is 0 Å². The summed E-state index contributed by atoms with van der Waals surface area (Å²) < 4.78 is 10.7. The first kappa shape index (κ1) is 11.9. The molecule has 0 saturated heterocycles. The van der Waals surface area contributed by atoms with E-state index in [2.05, 4.69) is 43.4 Å². The van der Waals surface area contributed by atoms with Crippen molar-refractivity contribution >= 4 is 5.69 Å². The Hall–Kier alpha value is -2.16. The van der Waals surface area contributed by atoms with E-state index in [1.54, 1.807) is 0 Å². The minimum absolute atomic E-state index is 0.251. The van der Waals surface area contributed by atoms with E-state index in [4.69, 9.17) is 9.47 Å². The van der Waals surface area contributed by atoms with E-state index in [1.165, 1.54) is 11.1 Å². The SMILES string of the molecule is Cc1ccc(C(C)Nc2ccc3c(c2)OCO3)cc1. The molecular formula is C16H17NO2. The van der Waals surface area contributed by atoms with Gasteiger partial charge in [-0.25, -0.2) is 0 Å². The highest BCUT2D eigenvalue weighted by atomic mass is 16.7. The van der Waals surface area contributed by atoms with Crippen molar-refractivity contribution in [3.8, 4) is 11.5 Å². The van der Waals surface area contributed by atoms with Gasteiger partial charge < -0.3 is 14.8 Å². The summed E-state index contributed by atoms with van der Waals surface area (Å²) in [5, 5.41) is 3.47. The molecule has 3 heteroatoms. The van der Waals surface area contributed by atoms with Gasteiger partial charge >= 0.3 is 0 Å². The molecule has 19 heavy (non-hydrogen) atoms. The van der Waals surface area contributed by atoms with Crippen molar-refractivity contribution in [1.29, 1.82) is 0 Å². The summed E-state index contributed by atoms with van der Waals surface area (Å²) in [6.45, 7) is 4.56. The van der Waals surface area contributed by atoms with Crippen LogP contribution in [0.4, 0.5) is 5.69 Å². The summed E-state index contributed by atoms with van der Waals surface area (Å²) in [6.07, 6.45) is 0. The van der Waals surface area contributed by atoms with Gasteiger partial charge in [-0.15, -0.1) is 0 Å². The third-order valence-corrected chi connectivity index (χ3v) is 3.33. The molecule has 0 bridgehead atoms. The van der Waals surface area contributed by atoms with Crippen LogP contribution in [0.5, 0.6) is 11.5 Å². The third kappa shape index (κ3) is 2.50. The summed E-state index contributed by atoms with van der Waals surface area (Å²) in [7, 11) is 0. The Morgan fingerprint density at radius 3 is 2.53 bits per heavy atom. The van der Waals surface area contributed by atoms with Gasteiger partial charge in [-0.2, -0.15) is 0 Å². The zero-order chi connectivity index (χ0) is 13.2. The van der Waals surface area contributed by atoms with E-state index in [0.29, 0.717) is 6.79 Å². The van der Waals surface area contributed by atoms with Crippen molar-refractivity contribution in [2.24, 2.45) is 0 Å². The van der Waals surface area contributed by atoms with Crippen LogP contribution >= 0.6 is 0 Å². The number of ether oxygens (including phenoxy) is 2. The molecule has 0 spiro atoms. The lowest BCUT2D eigenvalue weighted by atomic mass is 10.1. The summed E-state index contributed by atoms with van der Waals surface area (Å²) in [6, 6.07) is 14.7. The highest BCUT2D eigenvalue weighted by Gasteiger charge is 2.14. The number of hydrogen-bond donors (Lipinski definition) is 1. The first-order valence-electron chi connectivity index (χ1n) is 6.45. The zero-order valence-electron chi connectivity index (χ0n) is 11.1. The van der Waals surface area contributed by atoms with Gasteiger partial charge in [-0.3, -0.25) is 0 Å². The predicted molar refractivity (Wildman–Crippen MR) is 75.8 cm³/mol. The van der Waals surface area contributed by atoms with Crippen LogP contribution in [0, 0.1) is 6.92 Å². The van der Waals surface area contributed by atoms with Crippen LogP contribution in [0.15, 0.2) is 42.5 Å². The summed E-state index contributed by atoms with van der Waals surface area (Å²) in [5.74, 6) is 1.62. The van der Waals surface area contributed by atoms with Gasteiger partial charge in [0.2, 0.25) is 6.79 Å². The zero-order valence-corrected chi connectivity index (χ0v) is 11.1. The molecule has 0 radical (unpaired) electrons. The quantitative estimate of drug-likeness (QED) is 0.902. The van der Waals surface area contributed by atoms with E-state index in [1.807, 2.05) is 18.2 Å². The Kier molecular flexibility index (Phi) is 3.03. The fourth-order valence-corrected chi connectivity index (χ4v) is 2.17. The number of rotatable bonds is 3. The number of anilines is 1. The van der Waals surface area contributed by atoms with Gasteiger partial charge in [0.1, 0.15) is 0 Å². The molecule has 1 atom stereocenters. The van der Waals surface area contributed by atoms with Crippen LogP contribution in [0.2, 0.25) is 0 Å². The first-order chi connectivity index (χ1) is 9.22. The molecule has 2 aromatic rings. The molecule has 0 saturated carbocycles. The van der Waals surface area contributed by atoms with Crippen molar-refractivity contribution in [3.63, 3.8) is 0 Å². The van der Waals surface area contributed by atoms with Crippen molar-refractivity contribution < 1.29 is 9.47 Å². The number of benzene rings is 2. The smallest absolute Gasteiger partial charge is 0.231 e. The fraction of sp³-hybridized carbons (Fsp3) is 0.250. The maximum absolute atomic E-state index is 5.38. The fourth-order valence-electron chi connectivity index (χ4n) is 2.17. The summed E-state index contributed by atoms with van der Waals surface area (Å²) >= 11 is 0. The lowest BCUT2D eigenvalue weighted by Gasteiger charge is -2.16. The van der Waals surface area contributed by atoms with E-state index < -0.39 is 0 Å². The molecule has 1 aliphatic heterocycles. The molecule has 0 aromatic heterocycles. The second-order valence-corrected chi connectivity index (χ2v) is 4.84. The largest absolute Gasteiger partial charge is 0.454 e. The average molecular weight is 255 g/mol. The highest BCUT2D eigenvalue weighted by Crippen LogP contribution is 2.35. The normalized spacial score (nSPS) is 14.2. The van der Waals surface area contributed by atoms with Crippen LogP contribution in [-0.2, 0) is 0 Å². The molecule has 0 amide bonds. The Bertz CT molecular complexity index is 578. The second-order valence-electron chi connectivity index (χ2n) is 4.84. The Labute approximate surface area is 113 Å². The van der Waals surface area contributed by atoms with E-state index >= 15 is 0 Å². The number of aryl methyl sites for hydroxylation is 1. The lowest BCUT2D eigenvalue weighted by molar-refractivity contribution is 0.174. The second kappa shape index (κ2) is 4.84. The highest BCUT2D eigenvalue weighted by molar-refractivity contribution is 5.56. The molecule has 98 valence electrons. The standard InChI is InChI=1S/C16H17NO2/c1-11-3-5-13(6-4-11)12(2)17-14-7-8-15-16(9-14)19-10-18-15/h3-9,12,17H,10H2,1-2H3. The van der Waals surface area contributed by atoms with Gasteiger partial charge in [0, 0.05) is 17.8 Å². The molecule has 3 rings (SSSR count).